The first-order valence-corrected chi connectivity index (χ1v) is 45.7. The minimum Gasteiger partial charge on any atom is -0.492 e. The maximum atomic E-state index is 14.7. The first-order valence-electron chi connectivity index (χ1n) is 41.5. The molecule has 0 unspecified atom stereocenters. The molecule has 0 aromatic heterocycles. The number of ether oxygens (including phenoxy) is 13. The molecule has 1 aromatic rings. The van der Waals surface area contributed by atoms with Crippen LogP contribution in [0.3, 0.4) is 0 Å². The number of amides is 8. The van der Waals surface area contributed by atoms with Gasteiger partial charge in [0.25, 0.3) is 0 Å². The Morgan fingerprint density at radius 1 is 0.756 bits per heavy atom. The van der Waals surface area contributed by atoms with Gasteiger partial charge in [-0.15, -0.1) is 0 Å². The van der Waals surface area contributed by atoms with Gasteiger partial charge in [-0.05, 0) is 147 Å². The van der Waals surface area contributed by atoms with Gasteiger partial charge in [0, 0.05) is 64.0 Å². The van der Waals surface area contributed by atoms with Gasteiger partial charge >= 0.3 is 24.2 Å². The number of nitrogens with two attached hydrogens (primary N) is 1. The number of carbonyl (C=O) groups excluding carboxylic acids is 9. The number of carbonyl (C=O) groups is 10. The van der Waals surface area contributed by atoms with Gasteiger partial charge in [0.2, 0.25) is 40.8 Å². The van der Waals surface area contributed by atoms with Gasteiger partial charge in [0.05, 0.1) is 102 Å². The zero-order valence-electron chi connectivity index (χ0n) is 74.4. The molecule has 710 valence electrons. The predicted molar refractivity (Wildman–Crippen MR) is 471 cm³/mol. The van der Waals surface area contributed by atoms with E-state index < -0.39 is 220 Å². The quantitative estimate of drug-likeness (QED) is 0.0147. The van der Waals surface area contributed by atoms with Crippen LogP contribution in [0.5, 0.6) is 17.2 Å². The minimum atomic E-state index is -2.39. The smallest absolute Gasteiger partial charge is 0.411 e. The SMILES string of the molecule is CCN[C@H]1CO[C@@H](O[C@H]2[C@H](O[C@H]3C#C/C=C/C#C[C@]4(O)CC(=O)C(NC(=O)OC)=C3/C4=C\CSSC(C)(C)[C@H](NC(=O)[C@H](CCCNC(N)=O)NC(=O)[C@@H](NC(=O)[C@H](CCCCNC(=O)OC(C)(C)C)NC(C)=O)C(C)C)C(=O)O)O[C@H](C)[C@@H](NO[C@H]3C[C@H](O)[C@H](SC(=O)c4c(C)c(I)c(O[C@@H]5O[C@@H](C)[C@H](O)[C@@H](OC)[C@H]5O)c(OC)c4OC)[C@@H](C)O3)[C@@H]2O)C[C@@H]1OC. The van der Waals surface area contributed by atoms with Crippen LogP contribution < -0.4 is 68.0 Å². The molecule has 4 fully saturated rings. The lowest BCUT2D eigenvalue weighted by Crippen LogP contribution is -2.65. The first-order chi connectivity index (χ1) is 59.9. The lowest BCUT2D eigenvalue weighted by atomic mass is 9.75. The van der Waals surface area contributed by atoms with Crippen LogP contribution in [-0.4, -0.2) is 307 Å². The zero-order chi connectivity index (χ0) is 94.3. The maximum absolute atomic E-state index is 14.7. The first kappa shape index (κ1) is 107. The number of unbranched alkanes of at least 4 members (excludes halogenated alkanes) is 1. The monoisotopic (exact) mass is 1960 g/mol. The summed E-state index contributed by atoms with van der Waals surface area (Å²) in [6.45, 7) is 21.7. The van der Waals surface area contributed by atoms with Crippen molar-refractivity contribution in [3.8, 4) is 40.9 Å². The number of carboxylic acids is 1. The highest BCUT2D eigenvalue weighted by Crippen LogP contribution is 2.50. The second-order valence-corrected chi connectivity index (χ2v) is 37.9. The highest BCUT2D eigenvalue weighted by Gasteiger charge is 2.53. The Hall–Kier alpha value is -7.40. The van der Waals surface area contributed by atoms with E-state index in [0.717, 1.165) is 40.5 Å². The number of urea groups is 1. The molecule has 17 N–H and O–H groups in total. The third-order valence-corrected chi connectivity index (χ3v) is 27.1. The molecule has 127 heavy (non-hydrogen) atoms. The molecule has 44 heteroatoms. The van der Waals surface area contributed by atoms with Crippen molar-refractivity contribution < 1.29 is 145 Å². The van der Waals surface area contributed by atoms with Crippen LogP contribution in [0, 0.1) is 40.1 Å². The molecule has 23 atom stereocenters. The summed E-state index contributed by atoms with van der Waals surface area (Å²) >= 11 is 2.74. The van der Waals surface area contributed by atoms with Crippen LogP contribution in [0.4, 0.5) is 14.4 Å². The number of rotatable bonds is 41. The van der Waals surface area contributed by atoms with E-state index in [2.05, 4.69) is 71.7 Å². The number of hydrogen-bond donors (Lipinski definition) is 16. The van der Waals surface area contributed by atoms with Crippen LogP contribution in [-0.2, 0) is 81.0 Å². The standard InChI is InChI=1S/C83H123IN10O30S3/c1-19-86-48-38-116-53(36-52(48)111-14)121-67-62(99)59(94-124-54-35-49(96)69(43(7)117-54)126-75(106)55-40(4)57(84)65(68(114-17)64(55)112-15)122-76-63(100)66(113-16)61(98)42(6)119-76)41(5)118-77(67)120-51-29-22-20-21-24-31-83(110)37-50(97)60(92-80(109)115-18)56(51)45(83)30-34-125-127-82(12,13)70(74(104)105)93-72(102)47(28-26-33-87-78(85)107)90-73(103)58(39(2)3)91-71(101)46(89-44(8)95)27-23-25-32-88-79(108)123-81(9,10)11/h20-21,30,39,41-43,46-49,51-54,58-59,61-63,66-67,69-70,76-77,86,94,96,98-100,110H,19,23,25-28,32-38H2,1-18H3,(H,88,108)(H,89,95)(H,90,103)(H,91,101)(H,92,109)(H,93,102)(H,104,105)(H3,85,87,107)/b21-20+,45-30+/t41-,42+,43-,46+,47+,48+,49+,51+,52+,53+,54+,58+,59-,61+,62+,63-,66-,67-,69-,70-,76+,77+,83+/m1/s1. The number of thioether (sulfide) groups is 1. The highest BCUT2D eigenvalue weighted by molar-refractivity contribution is 14.1. The maximum Gasteiger partial charge on any atom is 0.411 e. The van der Waals surface area contributed by atoms with E-state index in [1.807, 2.05) is 29.5 Å². The molecule has 7 rings (SSSR count). The van der Waals surface area contributed by atoms with Gasteiger partial charge in [-0.3, -0.25) is 38.9 Å². The number of aliphatic hydroxyl groups is 5. The minimum absolute atomic E-state index is 0.0132. The third-order valence-electron chi connectivity index (χ3n) is 21.3. The summed E-state index contributed by atoms with van der Waals surface area (Å²) in [7, 11) is 8.54. The van der Waals surface area contributed by atoms with E-state index in [1.54, 1.807) is 62.3 Å². The van der Waals surface area contributed by atoms with Gasteiger partial charge in [-0.2, -0.15) is 5.48 Å². The number of methoxy groups -OCH3 is 5. The van der Waals surface area contributed by atoms with Crippen molar-refractivity contribution in [1.82, 2.24) is 48.0 Å². The molecule has 4 saturated heterocycles. The molecule has 2 aliphatic carbocycles. The molecular weight excluding hydrogens is 1840 g/mol. The largest absolute Gasteiger partial charge is 0.492 e. The van der Waals surface area contributed by atoms with Crippen LogP contribution in [0.1, 0.15) is 150 Å². The average Bonchev–Trinajstić information content (AvgIpc) is 0.754. The molecule has 4 heterocycles. The Balaban J connectivity index is 1.12. The number of hydroxylamine groups is 1. The number of aliphatic hydroxyl groups excluding tert-OH is 4. The summed E-state index contributed by atoms with van der Waals surface area (Å²) in [6, 6.07) is -8.10. The van der Waals surface area contributed by atoms with E-state index >= 15 is 0 Å². The fraction of sp³-hybridized carbons (Fsp3) is 0.687. The Labute approximate surface area is 764 Å². The van der Waals surface area contributed by atoms with Gasteiger partial charge in [0.1, 0.15) is 66.4 Å². The van der Waals surface area contributed by atoms with Gasteiger partial charge in [-0.25, -0.2) is 19.2 Å². The number of fused-ring (bicyclic) bond motifs is 2. The molecule has 0 saturated carbocycles. The Kier molecular flexibility index (Phi) is 41.3. The summed E-state index contributed by atoms with van der Waals surface area (Å²) in [6.07, 6.45) is -16.6. The number of carboxylic acid groups (broad SMARTS) is 1. The number of allylic oxidation sites excluding steroid dienone is 3. The van der Waals surface area contributed by atoms with Crippen molar-refractivity contribution >= 4 is 115 Å². The predicted octanol–water partition coefficient (Wildman–Crippen LogP) is 2.54. The summed E-state index contributed by atoms with van der Waals surface area (Å²) in [4.78, 5) is 142. The van der Waals surface area contributed by atoms with E-state index in [4.69, 9.17) is 72.2 Å². The molecule has 0 spiro atoms. The Morgan fingerprint density at radius 3 is 2.04 bits per heavy atom. The molecule has 6 aliphatic rings. The summed E-state index contributed by atoms with van der Waals surface area (Å²) in [5.74, 6) is 5.03. The van der Waals surface area contributed by atoms with Crippen molar-refractivity contribution in [1.29, 1.82) is 0 Å². The second kappa shape index (κ2) is 49.2. The zero-order valence-corrected chi connectivity index (χ0v) is 79.0. The lowest BCUT2D eigenvalue weighted by Gasteiger charge is -2.46. The van der Waals surface area contributed by atoms with Crippen LogP contribution in [0.25, 0.3) is 0 Å². The van der Waals surface area contributed by atoms with Gasteiger partial charge in [-0.1, -0.05) is 83.9 Å². The van der Waals surface area contributed by atoms with Crippen molar-refractivity contribution in [3.05, 3.63) is 49.8 Å². The molecule has 4 aliphatic heterocycles. The molecular formula is C83H123IN10O30S3. The Bertz CT molecular complexity index is 4240. The topological polar surface area (TPSA) is 556 Å². The molecule has 1 aromatic carbocycles. The number of ketones is 1. The summed E-state index contributed by atoms with van der Waals surface area (Å²) < 4.78 is 76.9. The number of hydrogen-bond acceptors (Lipinski definition) is 34. The summed E-state index contributed by atoms with van der Waals surface area (Å²) in [5.41, 5.74) is 4.67. The van der Waals surface area contributed by atoms with Crippen molar-refractivity contribution in [2.24, 2.45) is 11.7 Å². The lowest BCUT2D eigenvalue weighted by molar-refractivity contribution is -0.336. The fourth-order valence-corrected chi connectivity index (χ4v) is 19.0. The van der Waals surface area contributed by atoms with Crippen LogP contribution in [0.2, 0.25) is 0 Å². The molecule has 8 amide bonds. The van der Waals surface area contributed by atoms with E-state index in [9.17, 15) is 78.6 Å². The van der Waals surface area contributed by atoms with E-state index in [-0.39, 0.29) is 97.6 Å². The molecule has 2 bridgehead atoms. The number of likely N-dealkylation sites (N-methyl/N-ethyl adjacent to an activating group) is 1. The van der Waals surface area contributed by atoms with Crippen molar-refractivity contribution in [2.75, 3.05) is 67.5 Å². The summed E-state index contributed by atoms with van der Waals surface area (Å²) in [5, 5.41) is 90.2. The number of halogens is 1. The second-order valence-electron chi connectivity index (χ2n) is 32.7. The Morgan fingerprint density at radius 2 is 1.42 bits per heavy atom. The number of aliphatic carboxylic acids is 1. The normalized spacial score (nSPS) is 28.7. The van der Waals surface area contributed by atoms with E-state index in [1.165, 1.54) is 67.4 Å². The third kappa shape index (κ3) is 29.3. The molecule has 40 nitrogen and oxygen atoms in total. The number of benzene rings is 1. The van der Waals surface area contributed by atoms with E-state index in [0.29, 0.717) is 28.5 Å². The van der Waals surface area contributed by atoms with Crippen LogP contribution in [0.15, 0.2) is 35.1 Å². The van der Waals surface area contributed by atoms with Crippen LogP contribution >= 0.6 is 55.9 Å². The molecule has 0 radical (unpaired) electrons. The number of primary amides is 1. The van der Waals surface area contributed by atoms with Crippen molar-refractivity contribution in [2.45, 2.75) is 291 Å². The fourth-order valence-electron chi connectivity index (χ4n) is 14.8. The average molecular weight is 1960 g/mol. The number of nitrogens with one attached hydrogen (secondary N) is 9. The van der Waals surface area contributed by atoms with Gasteiger partial charge < -0.3 is 135 Å². The van der Waals surface area contributed by atoms with Gasteiger partial charge in [0.15, 0.2) is 41.8 Å². The van der Waals surface area contributed by atoms with Crippen molar-refractivity contribution in [3.63, 3.8) is 0 Å². The number of alkyl carbamates (subject to hydrolysis) is 2. The highest BCUT2D eigenvalue weighted by atomic mass is 127. The number of Topliss-reactive ketones (excluding diaryl/α,β-unsaturated/α-hetero) is 1.